The molecule has 3 fully saturated rings. The van der Waals surface area contributed by atoms with Gasteiger partial charge in [0.25, 0.3) is 5.91 Å². The first-order chi connectivity index (χ1) is 26.4. The molecule has 1 atom stereocenters. The fourth-order valence-corrected chi connectivity index (χ4v) is 9.04. The van der Waals surface area contributed by atoms with E-state index in [9.17, 15) is 14.4 Å². The third kappa shape index (κ3) is 6.79. The largest absolute Gasteiger partial charge is 0.369 e. The molecule has 9 rings (SSSR count). The van der Waals surface area contributed by atoms with E-state index in [2.05, 4.69) is 81.6 Å². The number of imidazole rings is 1. The zero-order chi connectivity index (χ0) is 36.8. The number of piperidine rings is 1. The van der Waals surface area contributed by atoms with Crippen LogP contribution >= 0.6 is 15.9 Å². The second kappa shape index (κ2) is 14.5. The molecule has 276 valence electrons. The number of hydrogen-bond donors (Lipinski definition) is 3. The van der Waals surface area contributed by atoms with Crippen molar-refractivity contribution in [2.75, 3.05) is 41.7 Å². The van der Waals surface area contributed by atoms with Crippen molar-refractivity contribution in [2.24, 2.45) is 0 Å². The normalized spacial score (nSPS) is 19.4. The van der Waals surface area contributed by atoms with Gasteiger partial charge in [-0.2, -0.15) is 4.98 Å². The zero-order valence-corrected chi connectivity index (χ0v) is 31.4. The monoisotopic (exact) mass is 788 g/mol. The van der Waals surface area contributed by atoms with Gasteiger partial charge in [-0.15, -0.1) is 0 Å². The molecule has 5 heterocycles. The summed E-state index contributed by atoms with van der Waals surface area (Å²) >= 11 is 3.64. The topological polar surface area (TPSA) is 141 Å². The molecule has 0 bridgehead atoms. The number of anilines is 5. The summed E-state index contributed by atoms with van der Waals surface area (Å²) in [5.41, 5.74) is 7.33. The summed E-state index contributed by atoms with van der Waals surface area (Å²) in [6.07, 6.45) is 7.03. The Hall–Kier alpha value is -5.34. The van der Waals surface area contributed by atoms with E-state index in [0.717, 1.165) is 89.7 Å². The van der Waals surface area contributed by atoms with E-state index in [-0.39, 0.29) is 18.2 Å². The molecule has 3 amide bonds. The number of amides is 3. The minimum Gasteiger partial charge on any atom is -0.369 e. The van der Waals surface area contributed by atoms with E-state index < -0.39 is 11.9 Å². The predicted octanol–water partition coefficient (Wildman–Crippen LogP) is 6.27. The van der Waals surface area contributed by atoms with Crippen LogP contribution in [0.2, 0.25) is 0 Å². The number of nitrogens with zero attached hydrogens (tertiary/aromatic N) is 7. The highest BCUT2D eigenvalue weighted by molar-refractivity contribution is 9.10. The van der Waals surface area contributed by atoms with Crippen molar-refractivity contribution in [3.05, 3.63) is 94.1 Å². The molecule has 14 heteroatoms. The van der Waals surface area contributed by atoms with Gasteiger partial charge in [0.1, 0.15) is 11.6 Å². The molecular weight excluding hydrogens is 748 g/mol. The van der Waals surface area contributed by atoms with Gasteiger partial charge in [-0.25, -0.2) is 9.97 Å². The van der Waals surface area contributed by atoms with Gasteiger partial charge in [0.2, 0.25) is 23.7 Å². The highest BCUT2D eigenvalue weighted by atomic mass is 79.9. The zero-order valence-electron chi connectivity index (χ0n) is 29.8. The van der Waals surface area contributed by atoms with E-state index in [1.807, 2.05) is 36.4 Å². The van der Waals surface area contributed by atoms with Crippen LogP contribution in [0.3, 0.4) is 0 Å². The smallest absolute Gasteiger partial charge is 0.256 e. The van der Waals surface area contributed by atoms with Crippen LogP contribution < -0.4 is 20.9 Å². The standard InChI is InChI=1S/C40H41BrN10O3/c41-31-21-25(20-26-24-50(38(54)35(26)31)33-14-15-34(52)46-37(33)53)23-48-16-18-49(19-17-48)29-12-10-28(11-13-29)43-39-42-22-32-36(47-39)51(30-8-4-5-9-30)40(45-32)44-27-6-2-1-3-7-27/h1-3,6-7,10-13,20-22,30,33H,4-5,8-9,14-19,23-24H2,(H,44,45)(H,42,43,47)(H,46,52,53). The van der Waals surface area contributed by atoms with Gasteiger partial charge in [-0.1, -0.05) is 37.1 Å². The van der Waals surface area contributed by atoms with Crippen LogP contribution in [0.4, 0.5) is 29.0 Å². The minimum absolute atomic E-state index is 0.168. The van der Waals surface area contributed by atoms with E-state index >= 15 is 0 Å². The van der Waals surface area contributed by atoms with Crippen molar-refractivity contribution >= 4 is 73.8 Å². The van der Waals surface area contributed by atoms with Gasteiger partial charge < -0.3 is 20.4 Å². The number of halogens is 1. The number of para-hydroxylation sites is 1. The molecule has 1 unspecified atom stereocenters. The van der Waals surface area contributed by atoms with E-state index in [4.69, 9.17) is 9.97 Å². The molecule has 1 saturated carbocycles. The average molecular weight is 790 g/mol. The van der Waals surface area contributed by atoms with E-state index in [1.165, 1.54) is 18.5 Å². The van der Waals surface area contributed by atoms with Gasteiger partial charge >= 0.3 is 0 Å². The lowest BCUT2D eigenvalue weighted by Gasteiger charge is -2.36. The van der Waals surface area contributed by atoms with Crippen LogP contribution in [0.25, 0.3) is 11.2 Å². The van der Waals surface area contributed by atoms with Gasteiger partial charge in [-0.3, -0.25) is 29.2 Å². The van der Waals surface area contributed by atoms with Gasteiger partial charge in [-0.05, 0) is 88.8 Å². The summed E-state index contributed by atoms with van der Waals surface area (Å²) in [6, 6.07) is 22.4. The molecule has 13 nitrogen and oxygen atoms in total. The average Bonchev–Trinajstić information content (AvgIpc) is 3.90. The predicted molar refractivity (Wildman–Crippen MR) is 210 cm³/mol. The lowest BCUT2D eigenvalue weighted by molar-refractivity contribution is -0.136. The second-order valence-electron chi connectivity index (χ2n) is 14.6. The SMILES string of the molecule is O=C1CCC(N2Cc3cc(CN4CCN(c5ccc(Nc6ncc7nc(Nc8ccccc8)n(C8CCCC8)c7n6)cc5)CC4)cc(Br)c3C2=O)C(=O)N1. The summed E-state index contributed by atoms with van der Waals surface area (Å²) in [7, 11) is 0. The number of nitrogens with one attached hydrogen (secondary N) is 3. The first-order valence-electron chi connectivity index (χ1n) is 18.7. The van der Waals surface area contributed by atoms with Crippen molar-refractivity contribution in [1.29, 1.82) is 0 Å². The summed E-state index contributed by atoms with van der Waals surface area (Å²) in [4.78, 5) is 58.3. The molecule has 2 aromatic heterocycles. The molecular formula is C40H41BrN10O3. The fourth-order valence-electron chi connectivity index (χ4n) is 8.32. The first-order valence-corrected chi connectivity index (χ1v) is 19.5. The Morgan fingerprint density at radius 1 is 0.852 bits per heavy atom. The van der Waals surface area contributed by atoms with Crippen molar-refractivity contribution in [3.63, 3.8) is 0 Å². The van der Waals surface area contributed by atoms with Crippen LogP contribution in [0.1, 0.15) is 66.1 Å². The Labute approximate surface area is 321 Å². The maximum Gasteiger partial charge on any atom is 0.256 e. The van der Waals surface area contributed by atoms with Gasteiger partial charge in [0.05, 0.1) is 11.8 Å². The summed E-state index contributed by atoms with van der Waals surface area (Å²) in [6.45, 7) is 4.73. The third-order valence-electron chi connectivity index (χ3n) is 11.1. The van der Waals surface area contributed by atoms with Crippen molar-refractivity contribution in [1.82, 2.24) is 34.6 Å². The number of aromatic nitrogens is 4. The number of carbonyl (C=O) groups is 3. The van der Waals surface area contributed by atoms with E-state index in [0.29, 0.717) is 30.5 Å². The maximum absolute atomic E-state index is 13.3. The lowest BCUT2D eigenvalue weighted by atomic mass is 10.0. The van der Waals surface area contributed by atoms with Crippen LogP contribution in [0, 0.1) is 0 Å². The Balaban J connectivity index is 0.827. The van der Waals surface area contributed by atoms with Crippen LogP contribution in [-0.2, 0) is 22.7 Å². The molecule has 3 aromatic carbocycles. The molecule has 4 aliphatic rings. The second-order valence-corrected chi connectivity index (χ2v) is 15.4. The molecule has 0 spiro atoms. The number of carbonyl (C=O) groups excluding carboxylic acids is 3. The number of imide groups is 1. The summed E-state index contributed by atoms with van der Waals surface area (Å²) < 4.78 is 3.00. The summed E-state index contributed by atoms with van der Waals surface area (Å²) in [5.74, 6) is 0.494. The maximum atomic E-state index is 13.3. The molecule has 5 aromatic rings. The number of benzene rings is 3. The number of rotatable bonds is 9. The quantitative estimate of drug-likeness (QED) is 0.146. The van der Waals surface area contributed by atoms with Crippen molar-refractivity contribution in [2.45, 2.75) is 63.7 Å². The van der Waals surface area contributed by atoms with Gasteiger partial charge in [0, 0.05) is 73.3 Å². The molecule has 2 saturated heterocycles. The van der Waals surface area contributed by atoms with Crippen molar-refractivity contribution < 1.29 is 14.4 Å². The Bertz CT molecular complexity index is 2230. The highest BCUT2D eigenvalue weighted by Crippen LogP contribution is 2.37. The summed E-state index contributed by atoms with van der Waals surface area (Å²) in [5, 5.41) is 9.30. The number of fused-ring (bicyclic) bond motifs is 2. The van der Waals surface area contributed by atoms with Gasteiger partial charge in [0.15, 0.2) is 5.65 Å². The molecule has 0 radical (unpaired) electrons. The molecule has 1 aliphatic carbocycles. The number of hydrogen-bond acceptors (Lipinski definition) is 10. The Kier molecular flexibility index (Phi) is 9.23. The number of piperazine rings is 1. The Morgan fingerprint density at radius 2 is 1.61 bits per heavy atom. The lowest BCUT2D eigenvalue weighted by Crippen LogP contribution is -2.52. The fraction of sp³-hybridized carbons (Fsp3) is 0.350. The van der Waals surface area contributed by atoms with Crippen LogP contribution in [-0.4, -0.2) is 79.3 Å². The van der Waals surface area contributed by atoms with E-state index in [1.54, 1.807) is 11.1 Å². The third-order valence-corrected chi connectivity index (χ3v) is 11.7. The highest BCUT2D eigenvalue weighted by Gasteiger charge is 2.40. The molecule has 3 aliphatic heterocycles. The van der Waals surface area contributed by atoms with Crippen molar-refractivity contribution in [3.8, 4) is 0 Å². The Morgan fingerprint density at radius 3 is 2.37 bits per heavy atom. The molecule has 54 heavy (non-hydrogen) atoms. The van der Waals surface area contributed by atoms with Crippen LogP contribution in [0.15, 0.2) is 77.4 Å². The minimum atomic E-state index is -0.623. The molecule has 3 N–H and O–H groups in total. The first kappa shape index (κ1) is 34.4. The van der Waals surface area contributed by atoms with Crippen LogP contribution in [0.5, 0.6) is 0 Å².